The number of amides is 2. The van der Waals surface area contributed by atoms with Crippen molar-refractivity contribution in [3.8, 4) is 0 Å². The summed E-state index contributed by atoms with van der Waals surface area (Å²) in [7, 11) is 0. The maximum absolute atomic E-state index is 13.5. The quantitative estimate of drug-likeness (QED) is 0.659. The molecule has 0 N–H and O–H groups in total. The van der Waals surface area contributed by atoms with E-state index < -0.39 is 0 Å². The van der Waals surface area contributed by atoms with Crippen molar-refractivity contribution >= 4 is 23.2 Å². The Labute approximate surface area is 184 Å². The Bertz CT molecular complexity index is 893. The van der Waals surface area contributed by atoms with E-state index in [4.69, 9.17) is 0 Å². The fourth-order valence-corrected chi connectivity index (χ4v) is 4.95. The van der Waals surface area contributed by atoms with Crippen molar-refractivity contribution < 1.29 is 9.59 Å². The third-order valence-corrected chi connectivity index (χ3v) is 6.61. The Kier molecular flexibility index (Phi) is 6.71. The van der Waals surface area contributed by atoms with Gasteiger partial charge in [0.2, 0.25) is 11.8 Å². The number of fused-ring (bicyclic) bond motifs is 1. The molecule has 1 aromatic heterocycles. The van der Waals surface area contributed by atoms with Gasteiger partial charge in [-0.3, -0.25) is 9.59 Å². The highest BCUT2D eigenvalue weighted by atomic mass is 32.1. The first-order valence-electron chi connectivity index (χ1n) is 10.8. The van der Waals surface area contributed by atoms with Gasteiger partial charge >= 0.3 is 0 Å². The molecule has 0 bridgehead atoms. The predicted molar refractivity (Wildman–Crippen MR) is 124 cm³/mol. The van der Waals surface area contributed by atoms with Gasteiger partial charge in [0.1, 0.15) is 6.54 Å². The van der Waals surface area contributed by atoms with E-state index in [-0.39, 0.29) is 35.9 Å². The number of aryl methyl sites for hydroxylation is 1. The van der Waals surface area contributed by atoms with E-state index in [2.05, 4.69) is 63.4 Å². The normalized spacial score (nSPS) is 16.5. The molecule has 5 heteroatoms. The molecule has 0 saturated heterocycles. The van der Waals surface area contributed by atoms with E-state index in [1.807, 2.05) is 18.7 Å². The molecule has 1 aromatic carbocycles. The molecule has 1 aliphatic heterocycles. The summed E-state index contributed by atoms with van der Waals surface area (Å²) in [4.78, 5) is 31.5. The zero-order valence-corrected chi connectivity index (χ0v) is 19.9. The monoisotopic (exact) mass is 426 g/mol. The van der Waals surface area contributed by atoms with Crippen molar-refractivity contribution in [1.29, 1.82) is 0 Å². The molecule has 2 heterocycles. The molecule has 0 spiro atoms. The van der Waals surface area contributed by atoms with Gasteiger partial charge in [-0.25, -0.2) is 0 Å². The van der Waals surface area contributed by atoms with E-state index >= 15 is 0 Å². The fraction of sp³-hybridized carbons (Fsp3) is 0.520. The minimum absolute atomic E-state index is 0.0110. The van der Waals surface area contributed by atoms with E-state index in [9.17, 15) is 9.59 Å². The maximum Gasteiger partial charge on any atom is 0.243 e. The third kappa shape index (κ3) is 5.12. The molecule has 3 rings (SSSR count). The van der Waals surface area contributed by atoms with Crippen LogP contribution in [0.4, 0.5) is 0 Å². The summed E-state index contributed by atoms with van der Waals surface area (Å²) < 4.78 is 0. The van der Waals surface area contributed by atoms with Gasteiger partial charge in [0.05, 0.1) is 6.04 Å². The minimum atomic E-state index is -0.103. The zero-order valence-electron chi connectivity index (χ0n) is 19.1. The SMILES string of the molecule is Cc1ccc(C2c3ccsc3CCN2C(=O)CN(C(=O)CC(C)(C)C)C(C)C)cc1. The number of thiophene rings is 1. The van der Waals surface area contributed by atoms with Gasteiger partial charge < -0.3 is 9.80 Å². The Morgan fingerprint density at radius 3 is 2.43 bits per heavy atom. The van der Waals surface area contributed by atoms with Gasteiger partial charge in [-0.15, -0.1) is 11.3 Å². The van der Waals surface area contributed by atoms with Crippen molar-refractivity contribution in [2.24, 2.45) is 5.41 Å². The van der Waals surface area contributed by atoms with Crippen LogP contribution in [-0.4, -0.2) is 40.7 Å². The highest BCUT2D eigenvalue weighted by Crippen LogP contribution is 2.38. The van der Waals surface area contributed by atoms with E-state index in [1.165, 1.54) is 16.0 Å². The summed E-state index contributed by atoms with van der Waals surface area (Å²) in [6, 6.07) is 10.5. The Balaban J connectivity index is 1.87. The van der Waals surface area contributed by atoms with Gasteiger partial charge in [-0.05, 0) is 55.2 Å². The number of carbonyl (C=O) groups is 2. The predicted octanol–water partition coefficient (Wildman–Crippen LogP) is 5.20. The number of hydrogen-bond donors (Lipinski definition) is 0. The van der Waals surface area contributed by atoms with Crippen LogP contribution in [0.1, 0.15) is 68.6 Å². The number of carbonyl (C=O) groups excluding carboxylic acids is 2. The van der Waals surface area contributed by atoms with Crippen LogP contribution in [0, 0.1) is 12.3 Å². The summed E-state index contributed by atoms with van der Waals surface area (Å²) in [6.07, 6.45) is 1.31. The van der Waals surface area contributed by atoms with Crippen molar-refractivity contribution in [2.45, 2.75) is 66.5 Å². The number of hydrogen-bond acceptors (Lipinski definition) is 3. The molecule has 2 aromatic rings. The van der Waals surface area contributed by atoms with Crippen molar-refractivity contribution in [2.75, 3.05) is 13.1 Å². The smallest absolute Gasteiger partial charge is 0.243 e. The lowest BCUT2D eigenvalue weighted by Gasteiger charge is -2.38. The molecule has 2 amide bonds. The minimum Gasteiger partial charge on any atom is -0.331 e. The fourth-order valence-electron chi connectivity index (χ4n) is 4.04. The summed E-state index contributed by atoms with van der Waals surface area (Å²) >= 11 is 1.77. The Morgan fingerprint density at radius 2 is 1.83 bits per heavy atom. The average Bonchev–Trinajstić information content (AvgIpc) is 3.13. The zero-order chi connectivity index (χ0) is 22.1. The van der Waals surface area contributed by atoms with Crippen LogP contribution >= 0.6 is 11.3 Å². The first kappa shape index (κ1) is 22.5. The summed E-state index contributed by atoms with van der Waals surface area (Å²) in [6.45, 7) is 13.0. The van der Waals surface area contributed by atoms with Gasteiger partial charge in [0, 0.05) is 23.9 Å². The second kappa shape index (κ2) is 8.93. The van der Waals surface area contributed by atoms with Crippen LogP contribution < -0.4 is 0 Å². The highest BCUT2D eigenvalue weighted by Gasteiger charge is 2.34. The standard InChI is InChI=1S/C25H34N2O2S/c1-17(2)27(22(28)15-25(4,5)6)16-23(29)26-13-11-21-20(12-14-30-21)24(26)19-9-7-18(3)8-10-19/h7-10,12,14,17,24H,11,13,15-16H2,1-6H3. The number of benzene rings is 1. The van der Waals surface area contributed by atoms with Crippen LogP contribution in [0.15, 0.2) is 35.7 Å². The molecule has 0 radical (unpaired) electrons. The van der Waals surface area contributed by atoms with Crippen LogP contribution in [0.2, 0.25) is 0 Å². The first-order chi connectivity index (χ1) is 14.1. The molecule has 1 atom stereocenters. The Hall–Kier alpha value is -2.14. The lowest BCUT2D eigenvalue weighted by atomic mass is 9.91. The van der Waals surface area contributed by atoms with Crippen LogP contribution in [0.3, 0.4) is 0 Å². The third-order valence-electron chi connectivity index (χ3n) is 5.61. The largest absolute Gasteiger partial charge is 0.331 e. The molecule has 30 heavy (non-hydrogen) atoms. The molecule has 4 nitrogen and oxygen atoms in total. The first-order valence-corrected chi connectivity index (χ1v) is 11.7. The van der Waals surface area contributed by atoms with Crippen molar-refractivity contribution in [3.05, 3.63) is 57.3 Å². The molecule has 0 fully saturated rings. The molecular weight excluding hydrogens is 392 g/mol. The van der Waals surface area contributed by atoms with Crippen molar-refractivity contribution in [3.63, 3.8) is 0 Å². The maximum atomic E-state index is 13.5. The molecule has 1 aliphatic rings. The van der Waals surface area contributed by atoms with Crippen molar-refractivity contribution in [1.82, 2.24) is 9.80 Å². The van der Waals surface area contributed by atoms with Crippen LogP contribution in [-0.2, 0) is 16.0 Å². The van der Waals surface area contributed by atoms with Gasteiger partial charge in [-0.1, -0.05) is 50.6 Å². The highest BCUT2D eigenvalue weighted by molar-refractivity contribution is 7.10. The number of nitrogens with zero attached hydrogens (tertiary/aromatic N) is 2. The molecule has 0 aliphatic carbocycles. The van der Waals surface area contributed by atoms with Gasteiger partial charge in [-0.2, -0.15) is 0 Å². The topological polar surface area (TPSA) is 40.6 Å². The van der Waals surface area contributed by atoms with E-state index in [1.54, 1.807) is 16.2 Å². The second-order valence-corrected chi connectivity index (χ2v) is 10.8. The molecule has 162 valence electrons. The second-order valence-electron chi connectivity index (χ2n) is 9.80. The van der Waals surface area contributed by atoms with Crippen LogP contribution in [0.25, 0.3) is 0 Å². The van der Waals surface area contributed by atoms with E-state index in [0.717, 1.165) is 12.0 Å². The lowest BCUT2D eigenvalue weighted by molar-refractivity contribution is -0.144. The van der Waals surface area contributed by atoms with Gasteiger partial charge in [0.25, 0.3) is 0 Å². The van der Waals surface area contributed by atoms with E-state index in [0.29, 0.717) is 13.0 Å². The summed E-state index contributed by atoms with van der Waals surface area (Å²) in [5.41, 5.74) is 3.46. The van der Waals surface area contributed by atoms with Crippen LogP contribution in [0.5, 0.6) is 0 Å². The summed E-state index contributed by atoms with van der Waals surface area (Å²) in [5, 5.41) is 2.12. The average molecular weight is 427 g/mol. The molecule has 1 unspecified atom stereocenters. The van der Waals surface area contributed by atoms with Gasteiger partial charge in [0.15, 0.2) is 0 Å². The number of rotatable bonds is 5. The molecular formula is C25H34N2O2S. The Morgan fingerprint density at radius 1 is 1.17 bits per heavy atom. The lowest BCUT2D eigenvalue weighted by Crippen LogP contribution is -2.49. The summed E-state index contributed by atoms with van der Waals surface area (Å²) in [5.74, 6) is 0.0688. The molecule has 0 saturated carbocycles.